The first-order chi connectivity index (χ1) is 21.0. The van der Waals surface area contributed by atoms with Crippen LogP contribution in [0.2, 0.25) is 0 Å². The van der Waals surface area contributed by atoms with Gasteiger partial charge in [-0.1, -0.05) is 30.3 Å². The quantitative estimate of drug-likeness (QED) is 0.425. The lowest BCUT2D eigenvalue weighted by Gasteiger charge is -2.42. The van der Waals surface area contributed by atoms with Gasteiger partial charge in [0.25, 0.3) is 11.8 Å². The summed E-state index contributed by atoms with van der Waals surface area (Å²) in [5, 5.41) is 5.71. The number of halogens is 3. The van der Waals surface area contributed by atoms with Crippen LogP contribution < -0.4 is 15.4 Å². The van der Waals surface area contributed by atoms with E-state index in [0.29, 0.717) is 18.6 Å². The van der Waals surface area contributed by atoms with Gasteiger partial charge in [-0.2, -0.15) is 13.2 Å². The molecule has 6 rings (SSSR count). The first-order valence-corrected chi connectivity index (χ1v) is 14.6. The third-order valence-corrected chi connectivity index (χ3v) is 8.55. The van der Waals surface area contributed by atoms with E-state index in [4.69, 9.17) is 9.47 Å². The van der Waals surface area contributed by atoms with Gasteiger partial charge in [0.2, 0.25) is 5.91 Å². The van der Waals surface area contributed by atoms with Crippen LogP contribution in [0.1, 0.15) is 56.7 Å². The Hall–Kier alpha value is -4.38. The van der Waals surface area contributed by atoms with Crippen LogP contribution in [0.5, 0.6) is 5.75 Å². The zero-order valence-corrected chi connectivity index (χ0v) is 24.0. The van der Waals surface area contributed by atoms with Gasteiger partial charge in [0, 0.05) is 24.3 Å². The maximum Gasteiger partial charge on any atom is 0.416 e. The Morgan fingerprint density at radius 1 is 0.977 bits per heavy atom. The maximum atomic E-state index is 13.5. The Balaban J connectivity index is 1.09. The molecule has 3 aliphatic rings. The molecular weight excluding hydrogens is 575 g/mol. The number of anilines is 1. The average Bonchev–Trinajstić information content (AvgIpc) is 3.41. The van der Waals surface area contributed by atoms with E-state index < -0.39 is 23.8 Å². The van der Waals surface area contributed by atoms with Crippen molar-refractivity contribution in [2.45, 2.75) is 62.6 Å². The van der Waals surface area contributed by atoms with Gasteiger partial charge in [0.05, 0.1) is 29.7 Å². The van der Waals surface area contributed by atoms with Crippen LogP contribution in [-0.4, -0.2) is 60.6 Å². The number of amides is 3. The third kappa shape index (κ3) is 6.28. The van der Waals surface area contributed by atoms with Crippen molar-refractivity contribution in [2.24, 2.45) is 0 Å². The number of nitrogens with zero attached hydrogens (tertiary/aromatic N) is 1. The molecule has 1 saturated heterocycles. The molecule has 230 valence electrons. The van der Waals surface area contributed by atoms with Crippen LogP contribution in [0, 0.1) is 0 Å². The number of alkyl halides is 3. The summed E-state index contributed by atoms with van der Waals surface area (Å²) < 4.78 is 51.6. The minimum atomic E-state index is -4.58. The van der Waals surface area contributed by atoms with Crippen molar-refractivity contribution in [1.29, 1.82) is 0 Å². The first kappa shape index (κ1) is 29.7. The Kier molecular flexibility index (Phi) is 8.06. The lowest BCUT2D eigenvalue weighted by atomic mass is 9.94. The van der Waals surface area contributed by atoms with Crippen LogP contribution in [0.25, 0.3) is 0 Å². The number of hydrogen-bond acceptors (Lipinski definition) is 5. The summed E-state index contributed by atoms with van der Waals surface area (Å²) in [6.07, 6.45) is -2.27. The standard InChI is InChI=1S/C33H32F3N3O5/c1-39-27-11-10-25(17-30(40)37-24-14-19-5-2-3-6-20(19)15-24)44-29(27)18-43-28-12-9-23(16-26(28)32(39)42)38-31(41)21-7-4-8-22(13-21)33(34,35)36/h2-9,12-13,16,24-25,27,29H,10-11,14-15,17-18H2,1H3,(H,37,40)(H,38,41)/t25-,27-,29-/m0/s1. The number of ether oxygens (including phenoxy) is 2. The molecule has 0 bridgehead atoms. The highest BCUT2D eigenvalue weighted by Gasteiger charge is 2.39. The fourth-order valence-corrected chi connectivity index (χ4v) is 6.30. The second kappa shape index (κ2) is 12.0. The van der Waals surface area contributed by atoms with Crippen LogP contribution in [0.3, 0.4) is 0 Å². The van der Waals surface area contributed by atoms with Gasteiger partial charge in [-0.3, -0.25) is 14.4 Å². The molecule has 44 heavy (non-hydrogen) atoms. The number of fused-ring (bicyclic) bond motifs is 3. The number of nitrogens with one attached hydrogen (secondary N) is 2. The number of rotatable bonds is 5. The van der Waals surface area contributed by atoms with Gasteiger partial charge < -0.3 is 25.0 Å². The number of carbonyl (C=O) groups excluding carboxylic acids is 3. The van der Waals surface area contributed by atoms with E-state index in [0.717, 1.165) is 25.0 Å². The van der Waals surface area contributed by atoms with Crippen molar-refractivity contribution >= 4 is 23.4 Å². The van der Waals surface area contributed by atoms with Gasteiger partial charge in [-0.25, -0.2) is 0 Å². The van der Waals surface area contributed by atoms with Crippen molar-refractivity contribution in [1.82, 2.24) is 10.2 Å². The highest BCUT2D eigenvalue weighted by molar-refractivity contribution is 6.05. The van der Waals surface area contributed by atoms with Gasteiger partial charge >= 0.3 is 6.18 Å². The molecule has 1 fully saturated rings. The summed E-state index contributed by atoms with van der Waals surface area (Å²) in [4.78, 5) is 40.7. The SMILES string of the molecule is CN1C(=O)c2cc(NC(=O)c3cccc(C(F)(F)F)c3)ccc2OC[C@@H]2O[C@H](CC(=O)NC3Cc4ccccc4C3)CC[C@@H]21. The Labute approximate surface area is 252 Å². The van der Waals surface area contributed by atoms with Crippen molar-refractivity contribution in [2.75, 3.05) is 19.0 Å². The van der Waals surface area contributed by atoms with Gasteiger partial charge in [0.15, 0.2) is 0 Å². The van der Waals surface area contributed by atoms with Crippen molar-refractivity contribution in [3.05, 3.63) is 94.5 Å². The number of carbonyl (C=O) groups is 3. The predicted molar refractivity (Wildman–Crippen MR) is 156 cm³/mol. The molecule has 3 aromatic rings. The van der Waals surface area contributed by atoms with E-state index in [9.17, 15) is 27.6 Å². The Morgan fingerprint density at radius 2 is 1.73 bits per heavy atom. The topological polar surface area (TPSA) is 97.0 Å². The third-order valence-electron chi connectivity index (χ3n) is 8.55. The normalized spacial score (nSPS) is 21.7. The molecule has 3 amide bonds. The smallest absolute Gasteiger partial charge is 0.416 e. The summed E-state index contributed by atoms with van der Waals surface area (Å²) in [5.74, 6) is -0.850. The zero-order valence-electron chi connectivity index (χ0n) is 24.0. The van der Waals surface area contributed by atoms with E-state index in [2.05, 4.69) is 22.8 Å². The molecular formula is C33H32F3N3O5. The molecule has 0 unspecified atom stereocenters. The summed E-state index contributed by atoms with van der Waals surface area (Å²) in [6.45, 7) is 0.154. The molecule has 0 spiro atoms. The highest BCUT2D eigenvalue weighted by Crippen LogP contribution is 2.33. The predicted octanol–water partition coefficient (Wildman–Crippen LogP) is 5.01. The zero-order chi connectivity index (χ0) is 31.0. The van der Waals surface area contributed by atoms with Crippen molar-refractivity contribution in [3.8, 4) is 5.75 Å². The molecule has 8 nitrogen and oxygen atoms in total. The monoisotopic (exact) mass is 607 g/mol. The van der Waals surface area contributed by atoms with Gasteiger partial charge in [-0.05, 0) is 73.2 Å². The highest BCUT2D eigenvalue weighted by atomic mass is 19.4. The summed E-state index contributed by atoms with van der Waals surface area (Å²) >= 11 is 0. The van der Waals surface area contributed by atoms with Crippen LogP contribution in [0.15, 0.2) is 66.7 Å². The number of hydrogen-bond donors (Lipinski definition) is 2. The lowest BCUT2D eigenvalue weighted by Crippen LogP contribution is -2.54. The van der Waals surface area contributed by atoms with Crippen LogP contribution >= 0.6 is 0 Å². The van der Waals surface area contributed by atoms with Crippen LogP contribution in [-0.2, 0) is 28.5 Å². The van der Waals surface area contributed by atoms with E-state index in [1.807, 2.05) is 12.1 Å². The van der Waals surface area contributed by atoms with E-state index in [1.54, 1.807) is 11.9 Å². The second-order valence-electron chi connectivity index (χ2n) is 11.6. The minimum absolute atomic E-state index is 0.0625. The van der Waals surface area contributed by atoms with E-state index in [1.165, 1.54) is 41.5 Å². The second-order valence-corrected chi connectivity index (χ2v) is 11.6. The molecule has 2 heterocycles. The van der Waals surface area contributed by atoms with Crippen molar-refractivity contribution in [3.63, 3.8) is 0 Å². The molecule has 11 heteroatoms. The Morgan fingerprint density at radius 3 is 2.45 bits per heavy atom. The van der Waals surface area contributed by atoms with E-state index in [-0.39, 0.29) is 59.8 Å². The molecule has 2 N–H and O–H groups in total. The first-order valence-electron chi connectivity index (χ1n) is 14.6. The summed E-state index contributed by atoms with van der Waals surface area (Å²) in [5.41, 5.74) is 1.89. The number of benzene rings is 3. The minimum Gasteiger partial charge on any atom is -0.490 e. The fraction of sp³-hybridized carbons (Fsp3) is 0.364. The van der Waals surface area contributed by atoms with Crippen molar-refractivity contribution < 1.29 is 37.0 Å². The molecule has 1 aliphatic carbocycles. The molecule has 0 radical (unpaired) electrons. The summed E-state index contributed by atoms with van der Waals surface area (Å²) in [7, 11) is 1.68. The van der Waals surface area contributed by atoms with Gasteiger partial charge in [0.1, 0.15) is 18.5 Å². The van der Waals surface area contributed by atoms with Crippen LogP contribution in [0.4, 0.5) is 18.9 Å². The Bertz CT molecular complexity index is 1570. The fourth-order valence-electron chi connectivity index (χ4n) is 6.30. The molecule has 2 aliphatic heterocycles. The molecule has 3 atom stereocenters. The van der Waals surface area contributed by atoms with E-state index >= 15 is 0 Å². The summed E-state index contributed by atoms with van der Waals surface area (Å²) in [6, 6.07) is 16.6. The lowest BCUT2D eigenvalue weighted by molar-refractivity contribution is -0.137. The largest absolute Gasteiger partial charge is 0.490 e. The van der Waals surface area contributed by atoms with Gasteiger partial charge in [-0.15, -0.1) is 0 Å². The number of likely N-dealkylation sites (N-methyl/N-ethyl adjacent to an activating group) is 1. The molecule has 0 saturated carbocycles. The molecule has 3 aromatic carbocycles. The molecule has 0 aromatic heterocycles. The maximum absolute atomic E-state index is 13.5. The average molecular weight is 608 g/mol.